The Morgan fingerprint density at radius 1 is 1.62 bits per heavy atom. The van der Waals surface area contributed by atoms with Crippen molar-refractivity contribution in [1.82, 2.24) is 4.72 Å². The summed E-state index contributed by atoms with van der Waals surface area (Å²) >= 11 is -2.29. The molecule has 0 saturated heterocycles. The first-order valence-electron chi connectivity index (χ1n) is 3.79. The molecule has 0 saturated carbocycles. The zero-order valence-corrected chi connectivity index (χ0v) is 8.30. The van der Waals surface area contributed by atoms with Crippen molar-refractivity contribution in [3.8, 4) is 0 Å². The maximum absolute atomic E-state index is 10.3. The molecule has 5 heteroatoms. The molecule has 1 N–H and O–H groups in total. The van der Waals surface area contributed by atoms with Gasteiger partial charge in [-0.15, -0.1) is 0 Å². The number of nitrogens with one attached hydrogen (secondary N) is 1. The molecule has 0 aromatic carbocycles. The summed E-state index contributed by atoms with van der Waals surface area (Å²) in [5.74, 6) is 0. The lowest BCUT2D eigenvalue weighted by molar-refractivity contribution is 0.530. The van der Waals surface area contributed by atoms with Crippen LogP contribution < -0.4 is 4.72 Å². The zero-order chi connectivity index (χ0) is 9.90. The van der Waals surface area contributed by atoms with Crippen molar-refractivity contribution in [2.45, 2.75) is 13.8 Å². The van der Waals surface area contributed by atoms with Gasteiger partial charge in [-0.1, -0.05) is 19.9 Å². The Morgan fingerprint density at radius 3 is 2.92 bits per heavy atom. The van der Waals surface area contributed by atoms with Gasteiger partial charge in [0.15, 0.2) is 0 Å². The van der Waals surface area contributed by atoms with E-state index in [1.54, 1.807) is 12.3 Å². The number of hydrogen-bond acceptors (Lipinski definition) is 3. The minimum Gasteiger partial charge on any atom is -0.755 e. The van der Waals surface area contributed by atoms with Gasteiger partial charge in [-0.2, -0.15) is 0 Å². The molecule has 1 aliphatic heterocycles. The van der Waals surface area contributed by atoms with E-state index >= 15 is 0 Å². The van der Waals surface area contributed by atoms with Gasteiger partial charge in [0.2, 0.25) is 0 Å². The monoisotopic (exact) mass is 199 g/mol. The first kappa shape index (κ1) is 10.1. The summed E-state index contributed by atoms with van der Waals surface area (Å²) in [6, 6.07) is 0. The van der Waals surface area contributed by atoms with Gasteiger partial charge in [0.1, 0.15) is 0 Å². The van der Waals surface area contributed by atoms with Crippen LogP contribution in [0.25, 0.3) is 0 Å². The first-order valence-corrected chi connectivity index (χ1v) is 4.87. The largest absolute Gasteiger partial charge is 0.755 e. The molecule has 0 aromatic heterocycles. The third-order valence-corrected chi connectivity index (χ3v) is 1.92. The fraction of sp³-hybridized carbons (Fsp3) is 0.375. The second-order valence-electron chi connectivity index (χ2n) is 3.35. The van der Waals surface area contributed by atoms with E-state index in [4.69, 9.17) is 0 Å². The lowest BCUT2D eigenvalue weighted by atomic mass is 9.95. The summed E-state index contributed by atoms with van der Waals surface area (Å²) in [4.78, 5) is 3.97. The second kappa shape index (κ2) is 3.85. The molecule has 13 heavy (non-hydrogen) atoms. The third-order valence-electron chi connectivity index (χ3n) is 1.51. The number of nitrogens with zero attached hydrogens (tertiary/aromatic N) is 1. The molecule has 1 aliphatic rings. The molecule has 1 atom stereocenters. The van der Waals surface area contributed by atoms with Gasteiger partial charge in [0, 0.05) is 22.9 Å². The molecule has 72 valence electrons. The molecule has 0 amide bonds. The predicted molar refractivity (Wildman–Crippen MR) is 51.6 cm³/mol. The topological polar surface area (TPSA) is 64.5 Å². The molecule has 0 fully saturated rings. The number of aliphatic imine (C=N–C) groups is 1. The lowest BCUT2D eigenvalue weighted by Gasteiger charge is -2.11. The van der Waals surface area contributed by atoms with E-state index < -0.39 is 11.3 Å². The van der Waals surface area contributed by atoms with E-state index in [2.05, 4.69) is 9.71 Å². The normalized spacial score (nSPS) is 21.9. The van der Waals surface area contributed by atoms with Gasteiger partial charge in [0.05, 0.1) is 11.9 Å². The van der Waals surface area contributed by atoms with Gasteiger partial charge < -0.3 is 9.27 Å². The van der Waals surface area contributed by atoms with E-state index in [9.17, 15) is 8.76 Å². The fourth-order valence-electron chi connectivity index (χ4n) is 0.857. The Morgan fingerprint density at radius 2 is 2.31 bits per heavy atom. The van der Waals surface area contributed by atoms with Crippen LogP contribution in [-0.4, -0.2) is 15.0 Å². The van der Waals surface area contributed by atoms with E-state index in [0.29, 0.717) is 5.70 Å². The molecule has 0 aromatic rings. The first-order chi connectivity index (χ1) is 5.99. The van der Waals surface area contributed by atoms with Crippen LogP contribution in [0, 0.1) is 5.41 Å². The average molecular weight is 199 g/mol. The van der Waals surface area contributed by atoms with E-state index in [1.165, 1.54) is 6.20 Å². The van der Waals surface area contributed by atoms with Gasteiger partial charge >= 0.3 is 0 Å². The maximum atomic E-state index is 10.3. The summed E-state index contributed by atoms with van der Waals surface area (Å²) in [5.41, 5.74) is 0.333. The highest BCUT2D eigenvalue weighted by atomic mass is 32.2. The van der Waals surface area contributed by atoms with E-state index in [0.717, 1.165) is 0 Å². The smallest absolute Gasteiger partial charge is 0.0632 e. The molecule has 0 bridgehead atoms. The van der Waals surface area contributed by atoms with Gasteiger partial charge in [0.25, 0.3) is 0 Å². The summed E-state index contributed by atoms with van der Waals surface area (Å²) in [5, 5.41) is 0. The van der Waals surface area contributed by atoms with Gasteiger partial charge in [-0.05, 0) is 6.08 Å². The van der Waals surface area contributed by atoms with Crippen molar-refractivity contribution in [3.05, 3.63) is 24.0 Å². The summed E-state index contributed by atoms with van der Waals surface area (Å²) in [6.45, 7) is 3.97. The Labute approximate surface area is 79.9 Å². The van der Waals surface area contributed by atoms with Crippen LogP contribution in [0.5, 0.6) is 0 Å². The maximum Gasteiger partial charge on any atom is 0.0632 e. The number of hydrogen-bond donors (Lipinski definition) is 1. The van der Waals surface area contributed by atoms with Crippen molar-refractivity contribution in [1.29, 1.82) is 0 Å². The van der Waals surface area contributed by atoms with E-state index in [1.807, 2.05) is 19.9 Å². The van der Waals surface area contributed by atoms with Crippen LogP contribution in [0.15, 0.2) is 29.0 Å². The van der Waals surface area contributed by atoms with Crippen LogP contribution in [0.1, 0.15) is 13.8 Å². The predicted octanol–water partition coefficient (Wildman–Crippen LogP) is 0.878. The lowest BCUT2D eigenvalue weighted by Crippen LogP contribution is -2.14. The molecule has 4 nitrogen and oxygen atoms in total. The van der Waals surface area contributed by atoms with Crippen molar-refractivity contribution >= 4 is 17.5 Å². The van der Waals surface area contributed by atoms with Crippen LogP contribution in [0.4, 0.5) is 0 Å². The Hall–Kier alpha value is -0.940. The average Bonchev–Trinajstić information content (AvgIpc) is 2.12. The van der Waals surface area contributed by atoms with Gasteiger partial charge in [-0.3, -0.25) is 9.20 Å². The standard InChI is InChI=1S/C8H12N2O2S/c1-8(2)4-3-7(5-9-6-8)10-13(11)12/h3-6,10H,1-2H3,(H,11,12)/p-1. The molecule has 1 unspecified atom stereocenters. The molecular formula is C8H11N2O2S-. The zero-order valence-electron chi connectivity index (χ0n) is 7.48. The van der Waals surface area contributed by atoms with Crippen LogP contribution in [0.2, 0.25) is 0 Å². The molecule has 1 rings (SSSR count). The Balaban J connectivity index is 2.76. The summed E-state index contributed by atoms with van der Waals surface area (Å²) in [6.07, 6.45) is 6.81. The molecule has 0 radical (unpaired) electrons. The number of rotatable bonds is 2. The summed E-state index contributed by atoms with van der Waals surface area (Å²) < 4.78 is 22.8. The SMILES string of the molecule is CC1(C)C=CC(NS(=O)[O-])=CN=C1. The van der Waals surface area contributed by atoms with Crippen LogP contribution >= 0.6 is 0 Å². The van der Waals surface area contributed by atoms with Gasteiger partial charge in [-0.25, -0.2) is 0 Å². The Kier molecular flexibility index (Phi) is 3.00. The fourth-order valence-corrected chi connectivity index (χ4v) is 1.17. The quantitative estimate of drug-likeness (QED) is 0.671. The second-order valence-corrected chi connectivity index (χ2v) is 4.03. The number of allylic oxidation sites excluding steroid dienone is 2. The molecule has 1 heterocycles. The third kappa shape index (κ3) is 3.52. The van der Waals surface area contributed by atoms with Crippen LogP contribution in [0.3, 0.4) is 0 Å². The molecular weight excluding hydrogens is 188 g/mol. The Bertz CT molecular complexity index is 305. The van der Waals surface area contributed by atoms with Crippen molar-refractivity contribution in [3.63, 3.8) is 0 Å². The van der Waals surface area contributed by atoms with Crippen molar-refractivity contribution in [2.24, 2.45) is 10.4 Å². The van der Waals surface area contributed by atoms with Crippen molar-refractivity contribution in [2.75, 3.05) is 0 Å². The van der Waals surface area contributed by atoms with Crippen molar-refractivity contribution < 1.29 is 8.76 Å². The highest BCUT2D eigenvalue weighted by Gasteiger charge is 2.11. The molecule has 0 aliphatic carbocycles. The summed E-state index contributed by atoms with van der Waals surface area (Å²) in [7, 11) is 0. The highest BCUT2D eigenvalue weighted by molar-refractivity contribution is 7.77. The minimum absolute atomic E-state index is 0.135. The molecule has 0 spiro atoms. The van der Waals surface area contributed by atoms with E-state index in [-0.39, 0.29) is 5.41 Å². The highest BCUT2D eigenvalue weighted by Crippen LogP contribution is 2.17. The van der Waals surface area contributed by atoms with Crippen LogP contribution in [-0.2, 0) is 11.3 Å². The minimum atomic E-state index is -2.29.